The van der Waals surface area contributed by atoms with Crippen molar-refractivity contribution in [2.24, 2.45) is 11.8 Å². The maximum absolute atomic E-state index is 11.7. The first-order valence-corrected chi connectivity index (χ1v) is 9.72. The highest BCUT2D eigenvalue weighted by molar-refractivity contribution is 5.21. The van der Waals surface area contributed by atoms with Gasteiger partial charge in [-0.25, -0.2) is 0 Å². The number of hydrogen-bond donors (Lipinski definition) is 1. The van der Waals surface area contributed by atoms with Crippen molar-refractivity contribution in [3.05, 3.63) is 11.6 Å². The minimum atomic E-state index is -0.433. The van der Waals surface area contributed by atoms with Gasteiger partial charge in [0.25, 0.3) is 0 Å². The fourth-order valence-corrected chi connectivity index (χ4v) is 5.33. The van der Waals surface area contributed by atoms with Crippen LogP contribution in [-0.4, -0.2) is 10.7 Å². The predicted molar refractivity (Wildman–Crippen MR) is 89.3 cm³/mol. The minimum Gasteiger partial charge on any atom is -0.385 e. The molecular formula is C20H34O. The Morgan fingerprint density at radius 3 is 2.38 bits per heavy atom. The summed E-state index contributed by atoms with van der Waals surface area (Å²) in [6.07, 6.45) is 22.0. The van der Waals surface area contributed by atoms with E-state index in [4.69, 9.17) is 0 Å². The van der Waals surface area contributed by atoms with Crippen molar-refractivity contribution in [3.8, 4) is 0 Å². The third-order valence-electron chi connectivity index (χ3n) is 6.50. The number of allylic oxidation sites excluding steroid dienone is 1. The van der Waals surface area contributed by atoms with Crippen LogP contribution in [0, 0.1) is 11.8 Å². The van der Waals surface area contributed by atoms with Gasteiger partial charge < -0.3 is 5.11 Å². The summed E-state index contributed by atoms with van der Waals surface area (Å²) in [6, 6.07) is 0. The van der Waals surface area contributed by atoms with Crippen molar-refractivity contribution in [2.45, 2.75) is 102 Å². The van der Waals surface area contributed by atoms with Crippen LogP contribution in [0.3, 0.4) is 0 Å². The molecule has 3 rings (SSSR count). The van der Waals surface area contributed by atoms with Gasteiger partial charge in [-0.3, -0.25) is 0 Å². The van der Waals surface area contributed by atoms with Crippen LogP contribution in [-0.2, 0) is 0 Å². The van der Waals surface area contributed by atoms with Gasteiger partial charge in [0.05, 0.1) is 5.60 Å². The van der Waals surface area contributed by atoms with Crippen molar-refractivity contribution in [1.82, 2.24) is 0 Å². The second-order valence-electron chi connectivity index (χ2n) is 7.86. The summed E-state index contributed by atoms with van der Waals surface area (Å²) >= 11 is 0. The molecular weight excluding hydrogens is 256 g/mol. The molecule has 0 radical (unpaired) electrons. The van der Waals surface area contributed by atoms with E-state index in [1.165, 1.54) is 95.5 Å². The lowest BCUT2D eigenvalue weighted by Gasteiger charge is -2.47. The molecule has 1 N–H and O–H groups in total. The van der Waals surface area contributed by atoms with Gasteiger partial charge in [-0.2, -0.15) is 0 Å². The Balaban J connectivity index is 1.79. The molecule has 0 heterocycles. The zero-order chi connectivity index (χ0) is 14.5. The largest absolute Gasteiger partial charge is 0.385 e. The quantitative estimate of drug-likeness (QED) is 0.640. The van der Waals surface area contributed by atoms with Crippen molar-refractivity contribution in [3.63, 3.8) is 0 Å². The third-order valence-corrected chi connectivity index (χ3v) is 6.50. The van der Waals surface area contributed by atoms with E-state index in [1.807, 2.05) is 0 Å². The van der Waals surface area contributed by atoms with E-state index in [0.29, 0.717) is 5.92 Å². The summed E-state index contributed by atoms with van der Waals surface area (Å²) in [5.74, 6) is 1.37. The minimum absolute atomic E-state index is 0.433. The van der Waals surface area contributed by atoms with Crippen LogP contribution in [0.2, 0.25) is 0 Å². The van der Waals surface area contributed by atoms with E-state index in [2.05, 4.69) is 6.08 Å². The summed E-state index contributed by atoms with van der Waals surface area (Å²) in [4.78, 5) is 0. The van der Waals surface area contributed by atoms with E-state index in [1.54, 1.807) is 0 Å². The van der Waals surface area contributed by atoms with Gasteiger partial charge in [0.1, 0.15) is 0 Å². The first-order chi connectivity index (χ1) is 10.3. The molecule has 1 heteroatoms. The molecule has 2 fully saturated rings. The highest BCUT2D eigenvalue weighted by Crippen LogP contribution is 2.48. The van der Waals surface area contributed by atoms with E-state index < -0.39 is 5.60 Å². The second-order valence-corrected chi connectivity index (χ2v) is 7.86. The maximum atomic E-state index is 11.7. The summed E-state index contributed by atoms with van der Waals surface area (Å²) in [7, 11) is 0. The van der Waals surface area contributed by atoms with Crippen molar-refractivity contribution < 1.29 is 5.11 Å². The lowest BCUT2D eigenvalue weighted by molar-refractivity contribution is -0.0507. The monoisotopic (exact) mass is 290 g/mol. The van der Waals surface area contributed by atoms with Crippen LogP contribution in [0.1, 0.15) is 96.3 Å². The Labute approximate surface area is 131 Å². The molecule has 21 heavy (non-hydrogen) atoms. The molecule has 2 unspecified atom stereocenters. The molecule has 0 spiro atoms. The van der Waals surface area contributed by atoms with Crippen LogP contribution < -0.4 is 0 Å². The number of aliphatic hydroxyl groups is 1. The van der Waals surface area contributed by atoms with Crippen LogP contribution in [0.5, 0.6) is 0 Å². The average molecular weight is 290 g/mol. The first kappa shape index (κ1) is 15.6. The summed E-state index contributed by atoms with van der Waals surface area (Å²) in [5.41, 5.74) is 1.01. The van der Waals surface area contributed by atoms with Gasteiger partial charge in [-0.15, -0.1) is 0 Å². The molecule has 3 aliphatic rings. The Bertz CT molecular complexity index is 353. The molecule has 0 aromatic rings. The predicted octanol–water partition coefficient (Wildman–Crippen LogP) is 5.77. The zero-order valence-corrected chi connectivity index (χ0v) is 13.8. The van der Waals surface area contributed by atoms with E-state index in [9.17, 15) is 5.11 Å². The van der Waals surface area contributed by atoms with Gasteiger partial charge in [-0.05, 0) is 55.9 Å². The molecule has 0 aromatic heterocycles. The normalized spacial score (nSPS) is 36.6. The summed E-state index contributed by atoms with van der Waals surface area (Å²) in [5, 5.41) is 11.7. The van der Waals surface area contributed by atoms with E-state index >= 15 is 0 Å². The van der Waals surface area contributed by atoms with Gasteiger partial charge in [0, 0.05) is 0 Å². The lowest BCUT2D eigenvalue weighted by atomic mass is 9.62. The molecule has 1 nitrogen and oxygen atoms in total. The number of rotatable bonds is 2. The summed E-state index contributed by atoms with van der Waals surface area (Å²) < 4.78 is 0. The molecule has 0 aromatic carbocycles. The summed E-state index contributed by atoms with van der Waals surface area (Å²) in [6.45, 7) is 0. The molecule has 0 amide bonds. The highest BCUT2D eigenvalue weighted by atomic mass is 16.3. The molecule has 0 aliphatic heterocycles. The Morgan fingerprint density at radius 1 is 0.810 bits per heavy atom. The Kier molecular flexibility index (Phi) is 5.43. The zero-order valence-electron chi connectivity index (χ0n) is 13.8. The fraction of sp³-hybridized carbons (Fsp3) is 0.900. The Hall–Kier alpha value is -0.300. The molecule has 0 saturated heterocycles. The molecule has 3 aliphatic carbocycles. The lowest BCUT2D eigenvalue weighted by Crippen LogP contribution is -2.46. The van der Waals surface area contributed by atoms with Crippen molar-refractivity contribution in [1.29, 1.82) is 0 Å². The molecule has 120 valence electrons. The van der Waals surface area contributed by atoms with E-state index in [0.717, 1.165) is 12.3 Å². The standard InChI is InChI=1S/C20H34O/c21-20(18-13-7-2-1-3-8-14-18)16-10-9-15-19(20)17-11-5-4-6-12-17/h13,17,19,21H,1-12,14-16H2. The molecule has 2 atom stereocenters. The van der Waals surface area contributed by atoms with Crippen LogP contribution in [0.4, 0.5) is 0 Å². The van der Waals surface area contributed by atoms with E-state index in [-0.39, 0.29) is 0 Å². The fourth-order valence-electron chi connectivity index (χ4n) is 5.33. The molecule has 0 bridgehead atoms. The van der Waals surface area contributed by atoms with Gasteiger partial charge >= 0.3 is 0 Å². The highest BCUT2D eigenvalue weighted by Gasteiger charge is 2.45. The molecule has 2 saturated carbocycles. The second kappa shape index (κ2) is 7.31. The van der Waals surface area contributed by atoms with Crippen LogP contribution >= 0.6 is 0 Å². The maximum Gasteiger partial charge on any atom is 0.0887 e. The van der Waals surface area contributed by atoms with Gasteiger partial charge in [0.15, 0.2) is 0 Å². The topological polar surface area (TPSA) is 20.2 Å². The SMILES string of the molecule is OC1(C2=CCCCCCC2)CCCCC1C1CCCCC1. The smallest absolute Gasteiger partial charge is 0.0887 e. The number of hydrogen-bond acceptors (Lipinski definition) is 1. The van der Waals surface area contributed by atoms with Crippen LogP contribution in [0.15, 0.2) is 11.6 Å². The van der Waals surface area contributed by atoms with Gasteiger partial charge in [-0.1, -0.05) is 63.9 Å². The average Bonchev–Trinajstić information content (AvgIpc) is 2.48. The first-order valence-electron chi connectivity index (χ1n) is 9.72. The van der Waals surface area contributed by atoms with Crippen LogP contribution in [0.25, 0.3) is 0 Å². The Morgan fingerprint density at radius 2 is 1.52 bits per heavy atom. The third kappa shape index (κ3) is 3.55. The van der Waals surface area contributed by atoms with Crippen molar-refractivity contribution >= 4 is 0 Å². The van der Waals surface area contributed by atoms with Crippen molar-refractivity contribution in [2.75, 3.05) is 0 Å². The van der Waals surface area contributed by atoms with Gasteiger partial charge in [0.2, 0.25) is 0 Å².